The molecule has 2 rings (SSSR count). The highest BCUT2D eigenvalue weighted by atomic mass is 16.1. The zero-order valence-corrected chi connectivity index (χ0v) is 14.2. The molecule has 1 aromatic carbocycles. The zero-order chi connectivity index (χ0) is 16.8. The normalized spacial score (nSPS) is 10.7. The molecule has 0 aliphatic rings. The standard InChI is InChI=1S/C18H24N4O/c1-5-22(6-2)17-12-19-16(11-20-17)18(23)21-15-9-7-14(8-10-15)13(3)4/h7-13H,5-6H2,1-4H3,(H,21,23). The van der Waals surface area contributed by atoms with E-state index >= 15 is 0 Å². The van der Waals surface area contributed by atoms with Crippen molar-refractivity contribution < 1.29 is 4.79 Å². The second-order valence-corrected chi connectivity index (χ2v) is 5.66. The number of rotatable bonds is 6. The van der Waals surface area contributed by atoms with Crippen LogP contribution in [-0.2, 0) is 0 Å². The predicted molar refractivity (Wildman–Crippen MR) is 94.1 cm³/mol. The third-order valence-corrected chi connectivity index (χ3v) is 3.79. The molecule has 0 saturated carbocycles. The first-order chi connectivity index (χ1) is 11.0. The van der Waals surface area contributed by atoms with Crippen molar-refractivity contribution in [3.05, 3.63) is 47.9 Å². The molecule has 0 saturated heterocycles. The van der Waals surface area contributed by atoms with E-state index < -0.39 is 0 Å². The average molecular weight is 312 g/mol. The van der Waals surface area contributed by atoms with Crippen LogP contribution in [0.1, 0.15) is 49.7 Å². The van der Waals surface area contributed by atoms with Gasteiger partial charge in [0.2, 0.25) is 0 Å². The maximum atomic E-state index is 12.2. The molecule has 0 fully saturated rings. The molecule has 5 nitrogen and oxygen atoms in total. The fraction of sp³-hybridized carbons (Fsp3) is 0.389. The van der Waals surface area contributed by atoms with Crippen molar-refractivity contribution >= 4 is 17.4 Å². The Morgan fingerprint density at radius 3 is 2.22 bits per heavy atom. The Hall–Kier alpha value is -2.43. The van der Waals surface area contributed by atoms with Crippen LogP contribution < -0.4 is 10.2 Å². The summed E-state index contributed by atoms with van der Waals surface area (Å²) in [4.78, 5) is 22.9. The lowest BCUT2D eigenvalue weighted by Gasteiger charge is -2.18. The first-order valence-corrected chi connectivity index (χ1v) is 8.03. The predicted octanol–water partition coefficient (Wildman–Crippen LogP) is 3.70. The van der Waals surface area contributed by atoms with Gasteiger partial charge in [0, 0.05) is 18.8 Å². The van der Waals surface area contributed by atoms with E-state index in [0.29, 0.717) is 11.6 Å². The van der Waals surface area contributed by atoms with Gasteiger partial charge in [-0.15, -0.1) is 0 Å². The van der Waals surface area contributed by atoms with Crippen molar-refractivity contribution in [2.45, 2.75) is 33.6 Å². The van der Waals surface area contributed by atoms with E-state index in [1.807, 2.05) is 24.3 Å². The topological polar surface area (TPSA) is 58.1 Å². The molecule has 1 heterocycles. The van der Waals surface area contributed by atoms with Crippen LogP contribution in [-0.4, -0.2) is 29.0 Å². The largest absolute Gasteiger partial charge is 0.356 e. The van der Waals surface area contributed by atoms with Crippen LogP contribution in [0.25, 0.3) is 0 Å². The van der Waals surface area contributed by atoms with E-state index in [2.05, 4.69) is 47.9 Å². The third kappa shape index (κ3) is 4.28. The Balaban J connectivity index is 2.05. The van der Waals surface area contributed by atoms with Gasteiger partial charge in [-0.3, -0.25) is 4.79 Å². The Labute approximate surface area is 137 Å². The minimum absolute atomic E-state index is 0.249. The van der Waals surface area contributed by atoms with Crippen LogP contribution >= 0.6 is 0 Å². The van der Waals surface area contributed by atoms with Crippen molar-refractivity contribution in [1.29, 1.82) is 0 Å². The number of carbonyl (C=O) groups is 1. The zero-order valence-electron chi connectivity index (χ0n) is 14.2. The molecule has 23 heavy (non-hydrogen) atoms. The molecule has 1 N–H and O–H groups in total. The lowest BCUT2D eigenvalue weighted by atomic mass is 10.0. The number of nitrogens with one attached hydrogen (secondary N) is 1. The van der Waals surface area contributed by atoms with E-state index in [-0.39, 0.29) is 5.91 Å². The first kappa shape index (κ1) is 16.9. The van der Waals surface area contributed by atoms with Crippen molar-refractivity contribution in [2.75, 3.05) is 23.3 Å². The van der Waals surface area contributed by atoms with E-state index in [4.69, 9.17) is 0 Å². The number of carbonyl (C=O) groups excluding carboxylic acids is 1. The van der Waals surface area contributed by atoms with E-state index in [9.17, 15) is 4.79 Å². The molecule has 0 unspecified atom stereocenters. The maximum absolute atomic E-state index is 12.2. The number of aromatic nitrogens is 2. The van der Waals surface area contributed by atoms with E-state index in [0.717, 1.165) is 24.6 Å². The second kappa shape index (κ2) is 7.72. The fourth-order valence-corrected chi connectivity index (χ4v) is 2.30. The van der Waals surface area contributed by atoms with E-state index in [1.54, 1.807) is 6.20 Å². The lowest BCUT2D eigenvalue weighted by molar-refractivity contribution is 0.102. The molecule has 0 atom stereocenters. The quantitative estimate of drug-likeness (QED) is 0.883. The minimum Gasteiger partial charge on any atom is -0.356 e. The molecule has 0 radical (unpaired) electrons. The van der Waals surface area contributed by atoms with Crippen LogP contribution in [0.5, 0.6) is 0 Å². The van der Waals surface area contributed by atoms with Gasteiger partial charge in [-0.1, -0.05) is 26.0 Å². The summed E-state index contributed by atoms with van der Waals surface area (Å²) in [7, 11) is 0. The van der Waals surface area contributed by atoms with Crippen molar-refractivity contribution in [3.63, 3.8) is 0 Å². The number of nitrogens with zero attached hydrogens (tertiary/aromatic N) is 3. The molecule has 0 aliphatic heterocycles. The molecular weight excluding hydrogens is 288 g/mol. The van der Waals surface area contributed by atoms with Crippen LogP contribution in [0.2, 0.25) is 0 Å². The smallest absolute Gasteiger partial charge is 0.275 e. The summed E-state index contributed by atoms with van der Waals surface area (Å²) < 4.78 is 0. The van der Waals surface area contributed by atoms with Crippen LogP contribution in [0.15, 0.2) is 36.7 Å². The summed E-state index contributed by atoms with van der Waals surface area (Å²) >= 11 is 0. The van der Waals surface area contributed by atoms with Crippen LogP contribution in [0, 0.1) is 0 Å². The Morgan fingerprint density at radius 2 is 1.74 bits per heavy atom. The summed E-state index contributed by atoms with van der Waals surface area (Å²) in [6.45, 7) is 10.1. The van der Waals surface area contributed by atoms with Crippen LogP contribution in [0.3, 0.4) is 0 Å². The van der Waals surface area contributed by atoms with Gasteiger partial charge in [-0.05, 0) is 37.5 Å². The van der Waals surface area contributed by atoms with Gasteiger partial charge in [0.05, 0.1) is 12.4 Å². The van der Waals surface area contributed by atoms with Crippen LogP contribution in [0.4, 0.5) is 11.5 Å². The molecule has 122 valence electrons. The number of benzene rings is 1. The molecule has 5 heteroatoms. The molecule has 0 spiro atoms. The third-order valence-electron chi connectivity index (χ3n) is 3.79. The van der Waals surface area contributed by atoms with Gasteiger partial charge < -0.3 is 10.2 Å². The first-order valence-electron chi connectivity index (χ1n) is 8.03. The maximum Gasteiger partial charge on any atom is 0.275 e. The SMILES string of the molecule is CCN(CC)c1cnc(C(=O)Nc2ccc(C(C)C)cc2)cn1. The summed E-state index contributed by atoms with van der Waals surface area (Å²) in [6.07, 6.45) is 3.16. The summed E-state index contributed by atoms with van der Waals surface area (Å²) in [5, 5.41) is 2.85. The van der Waals surface area contributed by atoms with E-state index in [1.165, 1.54) is 11.8 Å². The highest BCUT2D eigenvalue weighted by Gasteiger charge is 2.10. The Bertz CT molecular complexity index is 631. The summed E-state index contributed by atoms with van der Waals surface area (Å²) in [5.74, 6) is 1.01. The Kier molecular flexibility index (Phi) is 5.68. The molecular formula is C18H24N4O. The highest BCUT2D eigenvalue weighted by molar-refractivity contribution is 6.02. The van der Waals surface area contributed by atoms with Crippen molar-refractivity contribution in [2.24, 2.45) is 0 Å². The van der Waals surface area contributed by atoms with Crippen molar-refractivity contribution in [3.8, 4) is 0 Å². The van der Waals surface area contributed by atoms with Crippen molar-refractivity contribution in [1.82, 2.24) is 9.97 Å². The Morgan fingerprint density at radius 1 is 1.09 bits per heavy atom. The molecule has 1 amide bonds. The summed E-state index contributed by atoms with van der Waals surface area (Å²) in [5.41, 5.74) is 2.31. The van der Waals surface area contributed by atoms with Gasteiger partial charge >= 0.3 is 0 Å². The van der Waals surface area contributed by atoms with Gasteiger partial charge in [0.15, 0.2) is 0 Å². The summed E-state index contributed by atoms with van der Waals surface area (Å²) in [6, 6.07) is 7.86. The number of anilines is 2. The second-order valence-electron chi connectivity index (χ2n) is 5.66. The average Bonchev–Trinajstić information content (AvgIpc) is 2.57. The number of amides is 1. The lowest BCUT2D eigenvalue weighted by Crippen LogP contribution is -2.23. The highest BCUT2D eigenvalue weighted by Crippen LogP contribution is 2.17. The van der Waals surface area contributed by atoms with Gasteiger partial charge in [-0.25, -0.2) is 9.97 Å². The minimum atomic E-state index is -0.249. The number of hydrogen-bond acceptors (Lipinski definition) is 4. The van der Waals surface area contributed by atoms with Gasteiger partial charge in [0.25, 0.3) is 5.91 Å². The molecule has 0 bridgehead atoms. The van der Waals surface area contributed by atoms with Gasteiger partial charge in [-0.2, -0.15) is 0 Å². The fourth-order valence-electron chi connectivity index (χ4n) is 2.30. The molecule has 2 aromatic rings. The molecule has 0 aliphatic carbocycles. The monoisotopic (exact) mass is 312 g/mol. The number of hydrogen-bond donors (Lipinski definition) is 1. The van der Waals surface area contributed by atoms with Gasteiger partial charge in [0.1, 0.15) is 11.5 Å². The molecule has 1 aromatic heterocycles.